The molecule has 4 heteroatoms. The van der Waals surface area contributed by atoms with E-state index in [4.69, 9.17) is 4.74 Å². The summed E-state index contributed by atoms with van der Waals surface area (Å²) in [5.41, 5.74) is 2.79. The number of aliphatic hydroxyl groups excluding tert-OH is 1. The molecular formula is C32H51NO3. The van der Waals surface area contributed by atoms with Gasteiger partial charge in [-0.1, -0.05) is 133 Å². The van der Waals surface area contributed by atoms with E-state index in [9.17, 15) is 9.90 Å². The molecule has 0 amide bonds. The van der Waals surface area contributed by atoms with Crippen LogP contribution in [0.2, 0.25) is 0 Å². The predicted molar refractivity (Wildman–Crippen MR) is 152 cm³/mol. The van der Waals surface area contributed by atoms with Crippen molar-refractivity contribution < 1.29 is 9.84 Å². The van der Waals surface area contributed by atoms with Gasteiger partial charge in [0.1, 0.15) is 0 Å². The zero-order chi connectivity index (χ0) is 25.8. The molecule has 36 heavy (non-hydrogen) atoms. The normalized spacial score (nSPS) is 11.2. The molecule has 1 heterocycles. The van der Waals surface area contributed by atoms with Crippen LogP contribution in [0.25, 0.3) is 0 Å². The molecule has 0 atom stereocenters. The van der Waals surface area contributed by atoms with E-state index in [1.165, 1.54) is 102 Å². The van der Waals surface area contributed by atoms with E-state index in [2.05, 4.69) is 38.1 Å². The summed E-state index contributed by atoms with van der Waals surface area (Å²) in [6.45, 7) is 5.35. The number of hydrogen-bond donors (Lipinski definition) is 1. The molecule has 2 rings (SSSR count). The van der Waals surface area contributed by atoms with E-state index < -0.39 is 0 Å². The summed E-state index contributed by atoms with van der Waals surface area (Å²) in [5.74, 6) is 0.375. The van der Waals surface area contributed by atoms with Crippen molar-refractivity contribution in [1.29, 1.82) is 0 Å². The second kappa shape index (κ2) is 19.1. The zero-order valence-electron chi connectivity index (χ0n) is 23.1. The molecule has 0 fully saturated rings. The van der Waals surface area contributed by atoms with Gasteiger partial charge in [-0.15, -0.1) is 0 Å². The summed E-state index contributed by atoms with van der Waals surface area (Å²) in [7, 11) is 0. The van der Waals surface area contributed by atoms with Gasteiger partial charge in [0.15, 0.2) is 5.75 Å². The SMILES string of the molecule is CCCCCCCCCCCCCCCCCCOc1cn(Cc2ccc(C)cc2)c(CO)cc1=O. The number of hydrogen-bond acceptors (Lipinski definition) is 3. The van der Waals surface area contributed by atoms with Gasteiger partial charge in [0.25, 0.3) is 0 Å². The van der Waals surface area contributed by atoms with Crippen LogP contribution < -0.4 is 10.2 Å². The Morgan fingerprint density at radius 3 is 1.75 bits per heavy atom. The van der Waals surface area contributed by atoms with E-state index in [0.717, 1.165) is 18.4 Å². The van der Waals surface area contributed by atoms with E-state index in [1.54, 1.807) is 6.20 Å². The smallest absolute Gasteiger partial charge is 0.223 e. The van der Waals surface area contributed by atoms with Crippen LogP contribution in [0.15, 0.2) is 41.3 Å². The van der Waals surface area contributed by atoms with Crippen LogP contribution in [0, 0.1) is 6.92 Å². The average Bonchev–Trinajstić information content (AvgIpc) is 2.88. The monoisotopic (exact) mass is 497 g/mol. The van der Waals surface area contributed by atoms with Gasteiger partial charge in [0.05, 0.1) is 19.4 Å². The Morgan fingerprint density at radius 1 is 0.750 bits per heavy atom. The van der Waals surface area contributed by atoms with Crippen LogP contribution in [0.5, 0.6) is 5.75 Å². The number of aliphatic hydroxyl groups is 1. The van der Waals surface area contributed by atoms with Crippen LogP contribution in [-0.2, 0) is 13.2 Å². The molecule has 202 valence electrons. The minimum Gasteiger partial charge on any atom is -0.488 e. The molecule has 0 aliphatic rings. The topological polar surface area (TPSA) is 51.5 Å². The Kier molecular flexibility index (Phi) is 16.0. The molecule has 1 aromatic heterocycles. The number of benzene rings is 1. The highest BCUT2D eigenvalue weighted by molar-refractivity contribution is 5.25. The van der Waals surface area contributed by atoms with Gasteiger partial charge in [-0.2, -0.15) is 0 Å². The summed E-state index contributed by atoms with van der Waals surface area (Å²) < 4.78 is 7.75. The maximum atomic E-state index is 12.4. The number of nitrogens with zero attached hydrogens (tertiary/aromatic N) is 1. The van der Waals surface area contributed by atoms with Crippen molar-refractivity contribution in [3.63, 3.8) is 0 Å². The fourth-order valence-electron chi connectivity index (χ4n) is 4.71. The van der Waals surface area contributed by atoms with E-state index in [0.29, 0.717) is 24.6 Å². The summed E-state index contributed by atoms with van der Waals surface area (Å²) in [4.78, 5) is 12.4. The van der Waals surface area contributed by atoms with Crippen molar-refractivity contribution in [2.45, 2.75) is 130 Å². The molecule has 0 saturated carbocycles. The van der Waals surface area contributed by atoms with Gasteiger partial charge in [0.2, 0.25) is 5.43 Å². The lowest BCUT2D eigenvalue weighted by Crippen LogP contribution is -2.16. The summed E-state index contributed by atoms with van der Waals surface area (Å²) in [6.07, 6.45) is 23.2. The van der Waals surface area contributed by atoms with Crippen LogP contribution in [0.4, 0.5) is 0 Å². The number of pyridine rings is 1. The Hall–Kier alpha value is -2.07. The number of aryl methyl sites for hydroxylation is 1. The minimum atomic E-state index is -0.166. The largest absolute Gasteiger partial charge is 0.488 e. The molecular weight excluding hydrogens is 446 g/mol. The molecule has 0 saturated heterocycles. The Labute approximate surface area is 220 Å². The summed E-state index contributed by atoms with van der Waals surface area (Å²) in [6, 6.07) is 9.80. The van der Waals surface area contributed by atoms with Gasteiger partial charge in [-0.25, -0.2) is 0 Å². The molecule has 0 spiro atoms. The van der Waals surface area contributed by atoms with Gasteiger partial charge >= 0.3 is 0 Å². The lowest BCUT2D eigenvalue weighted by Gasteiger charge is -2.15. The van der Waals surface area contributed by atoms with Crippen molar-refractivity contribution in [3.05, 3.63) is 63.6 Å². The van der Waals surface area contributed by atoms with Crippen molar-refractivity contribution >= 4 is 0 Å². The number of aromatic nitrogens is 1. The highest BCUT2D eigenvalue weighted by Gasteiger charge is 2.08. The first kappa shape index (κ1) is 30.2. The third-order valence-corrected chi connectivity index (χ3v) is 7.07. The van der Waals surface area contributed by atoms with Crippen molar-refractivity contribution in [1.82, 2.24) is 4.57 Å². The minimum absolute atomic E-state index is 0.157. The lowest BCUT2D eigenvalue weighted by molar-refractivity contribution is 0.267. The van der Waals surface area contributed by atoms with Crippen molar-refractivity contribution in [2.75, 3.05) is 6.61 Å². The quantitative estimate of drug-likeness (QED) is 0.176. The second-order valence-corrected chi connectivity index (χ2v) is 10.4. The van der Waals surface area contributed by atoms with Crippen LogP contribution in [0.3, 0.4) is 0 Å². The number of ether oxygens (including phenoxy) is 1. The van der Waals surface area contributed by atoms with Crippen molar-refractivity contribution in [2.24, 2.45) is 0 Å². The average molecular weight is 498 g/mol. The standard InChI is InChI=1S/C32H51NO3/c1-3-4-5-6-7-8-9-10-11-12-13-14-15-16-17-18-23-36-32-26-33(30(27-34)24-31(32)35)25-29-21-19-28(2)20-22-29/h19-22,24,26,34H,3-18,23,25,27H2,1-2H3. The van der Waals surface area contributed by atoms with E-state index in [-0.39, 0.29) is 12.0 Å². The van der Waals surface area contributed by atoms with E-state index >= 15 is 0 Å². The first-order chi connectivity index (χ1) is 17.6. The number of rotatable bonds is 21. The fourth-order valence-corrected chi connectivity index (χ4v) is 4.71. The summed E-state index contributed by atoms with van der Waals surface area (Å²) in [5, 5.41) is 9.69. The maximum Gasteiger partial charge on any atom is 0.223 e. The third kappa shape index (κ3) is 12.8. The van der Waals surface area contributed by atoms with E-state index in [1.807, 2.05) is 4.57 Å². The molecule has 0 aliphatic heterocycles. The van der Waals surface area contributed by atoms with Gasteiger partial charge in [0, 0.05) is 18.3 Å². The Balaban J connectivity index is 1.54. The molecule has 0 unspecified atom stereocenters. The fraction of sp³-hybridized carbons (Fsp3) is 0.656. The Morgan fingerprint density at radius 2 is 1.25 bits per heavy atom. The van der Waals surface area contributed by atoms with Crippen LogP contribution in [0.1, 0.15) is 126 Å². The van der Waals surface area contributed by atoms with Crippen LogP contribution >= 0.6 is 0 Å². The lowest BCUT2D eigenvalue weighted by atomic mass is 10.0. The zero-order valence-corrected chi connectivity index (χ0v) is 23.1. The maximum absolute atomic E-state index is 12.4. The predicted octanol–water partition coefficient (Wildman–Crippen LogP) is 8.34. The molecule has 0 bridgehead atoms. The van der Waals surface area contributed by atoms with Gasteiger partial charge in [-0.3, -0.25) is 4.79 Å². The van der Waals surface area contributed by atoms with Gasteiger partial charge in [-0.05, 0) is 18.9 Å². The molecule has 2 aromatic rings. The molecule has 1 aromatic carbocycles. The first-order valence-corrected chi connectivity index (χ1v) is 14.7. The number of unbranched alkanes of at least 4 members (excludes halogenated alkanes) is 15. The first-order valence-electron chi connectivity index (χ1n) is 14.7. The molecule has 0 aliphatic carbocycles. The highest BCUT2D eigenvalue weighted by Crippen LogP contribution is 2.15. The molecule has 1 N–H and O–H groups in total. The van der Waals surface area contributed by atoms with Gasteiger partial charge < -0.3 is 14.4 Å². The molecule has 4 nitrogen and oxygen atoms in total. The second-order valence-electron chi connectivity index (χ2n) is 10.4. The third-order valence-electron chi connectivity index (χ3n) is 7.07. The van der Waals surface area contributed by atoms with Crippen LogP contribution in [-0.4, -0.2) is 16.3 Å². The molecule has 0 radical (unpaired) electrons. The summed E-state index contributed by atoms with van der Waals surface area (Å²) >= 11 is 0. The Bertz CT molecular complexity index is 872. The highest BCUT2D eigenvalue weighted by atomic mass is 16.5. The van der Waals surface area contributed by atoms with Crippen molar-refractivity contribution in [3.8, 4) is 5.75 Å².